The molecule has 5 heteroatoms. The number of H-pyrrole nitrogens is 1. The predicted octanol–water partition coefficient (Wildman–Crippen LogP) is 3.05. The number of benzene rings is 1. The number of methoxy groups -OCH3 is 2. The lowest BCUT2D eigenvalue weighted by atomic mass is 10.0. The number of carbonyl (C=O) groups excluding carboxylic acids is 1. The Balaban J connectivity index is 2.62. The number of nitrogen functional groups attached to an aromatic ring is 1. The summed E-state index contributed by atoms with van der Waals surface area (Å²) in [7, 11) is 2.95. The van der Waals surface area contributed by atoms with Gasteiger partial charge in [-0.1, -0.05) is 11.6 Å². The van der Waals surface area contributed by atoms with Crippen LogP contribution in [0.25, 0.3) is 10.9 Å². The molecule has 1 aromatic heterocycles. The predicted molar refractivity (Wildman–Crippen MR) is 83.7 cm³/mol. The Morgan fingerprint density at radius 3 is 2.62 bits per heavy atom. The van der Waals surface area contributed by atoms with E-state index in [0.29, 0.717) is 23.6 Å². The van der Waals surface area contributed by atoms with Crippen LogP contribution in [0.15, 0.2) is 23.8 Å². The van der Waals surface area contributed by atoms with Gasteiger partial charge in [0.15, 0.2) is 0 Å². The molecule has 0 aliphatic rings. The molecule has 2 rings (SSSR count). The Bertz CT molecular complexity index is 710. The highest BCUT2D eigenvalue weighted by atomic mass is 16.5. The van der Waals surface area contributed by atoms with E-state index in [-0.39, 0.29) is 0 Å². The van der Waals surface area contributed by atoms with E-state index < -0.39 is 5.97 Å². The van der Waals surface area contributed by atoms with Gasteiger partial charge in [0.1, 0.15) is 11.4 Å². The summed E-state index contributed by atoms with van der Waals surface area (Å²) >= 11 is 0. The number of hydrogen-bond donors (Lipinski definition) is 2. The molecule has 5 nitrogen and oxygen atoms in total. The van der Waals surface area contributed by atoms with Crippen LogP contribution in [-0.2, 0) is 11.2 Å². The molecule has 1 aromatic carbocycles. The number of anilines is 1. The third kappa shape index (κ3) is 2.86. The number of aromatic amines is 1. The minimum absolute atomic E-state index is 0.379. The number of nitrogens with one attached hydrogen (secondary N) is 1. The van der Waals surface area contributed by atoms with Gasteiger partial charge in [-0.2, -0.15) is 0 Å². The fourth-order valence-corrected chi connectivity index (χ4v) is 2.28. The van der Waals surface area contributed by atoms with Crippen LogP contribution in [0.5, 0.6) is 5.75 Å². The summed E-state index contributed by atoms with van der Waals surface area (Å²) in [6, 6.07) is 3.55. The molecule has 0 unspecified atom stereocenters. The molecule has 21 heavy (non-hydrogen) atoms. The molecule has 0 radical (unpaired) electrons. The van der Waals surface area contributed by atoms with Crippen LogP contribution < -0.4 is 10.5 Å². The summed E-state index contributed by atoms with van der Waals surface area (Å²) in [4.78, 5) is 14.6. The maximum Gasteiger partial charge on any atom is 0.354 e. The molecule has 0 saturated heterocycles. The number of ether oxygens (including phenoxy) is 2. The second-order valence-corrected chi connectivity index (χ2v) is 5.10. The van der Waals surface area contributed by atoms with Crippen molar-refractivity contribution in [3.8, 4) is 5.75 Å². The molecule has 0 atom stereocenters. The van der Waals surface area contributed by atoms with Crippen LogP contribution in [0.4, 0.5) is 5.69 Å². The van der Waals surface area contributed by atoms with Crippen molar-refractivity contribution >= 4 is 22.6 Å². The molecule has 1 heterocycles. The third-order valence-electron chi connectivity index (χ3n) is 3.34. The highest BCUT2D eigenvalue weighted by molar-refractivity contribution is 5.99. The van der Waals surface area contributed by atoms with Crippen molar-refractivity contribution in [1.82, 2.24) is 4.98 Å². The molecule has 112 valence electrons. The van der Waals surface area contributed by atoms with E-state index in [1.165, 1.54) is 12.7 Å². The number of hydrogen-bond acceptors (Lipinski definition) is 4. The Kier molecular flexibility index (Phi) is 4.21. The number of carbonyl (C=O) groups is 1. The molecule has 0 aliphatic heterocycles. The Labute approximate surface area is 123 Å². The van der Waals surface area contributed by atoms with Gasteiger partial charge in [-0.05, 0) is 32.4 Å². The van der Waals surface area contributed by atoms with Crippen molar-refractivity contribution in [1.29, 1.82) is 0 Å². The normalized spacial score (nSPS) is 10.5. The summed E-state index contributed by atoms with van der Waals surface area (Å²) in [6.07, 6.45) is 2.78. The summed E-state index contributed by atoms with van der Waals surface area (Å²) in [5.41, 5.74) is 10.0. The highest BCUT2D eigenvalue weighted by Gasteiger charge is 2.17. The number of allylic oxidation sites excluding steroid dienone is 2. The third-order valence-corrected chi connectivity index (χ3v) is 3.34. The quantitative estimate of drug-likeness (QED) is 0.515. The van der Waals surface area contributed by atoms with Crippen LogP contribution in [0.1, 0.15) is 29.9 Å². The average Bonchev–Trinajstić information content (AvgIpc) is 2.86. The lowest BCUT2D eigenvalue weighted by Gasteiger charge is -2.11. The minimum atomic E-state index is -0.419. The van der Waals surface area contributed by atoms with E-state index in [2.05, 4.69) is 11.1 Å². The summed E-state index contributed by atoms with van der Waals surface area (Å²) in [5.74, 6) is 0.270. The molecule has 2 aromatic rings. The molecule has 0 aliphatic carbocycles. The van der Waals surface area contributed by atoms with E-state index in [4.69, 9.17) is 15.2 Å². The number of nitrogens with two attached hydrogens (primary N) is 1. The maximum absolute atomic E-state index is 11.6. The molecule has 0 fully saturated rings. The molecular weight excluding hydrogens is 268 g/mol. The van der Waals surface area contributed by atoms with Crippen LogP contribution in [0.3, 0.4) is 0 Å². The van der Waals surface area contributed by atoms with Crippen LogP contribution >= 0.6 is 0 Å². The zero-order valence-corrected chi connectivity index (χ0v) is 12.7. The van der Waals surface area contributed by atoms with Gasteiger partial charge >= 0.3 is 5.97 Å². The first-order valence-corrected chi connectivity index (χ1v) is 6.67. The number of esters is 1. The lowest BCUT2D eigenvalue weighted by molar-refractivity contribution is 0.0595. The lowest BCUT2D eigenvalue weighted by Crippen LogP contribution is -2.00. The van der Waals surface area contributed by atoms with Crippen LogP contribution in [0, 0.1) is 0 Å². The molecule has 0 amide bonds. The van der Waals surface area contributed by atoms with Crippen molar-refractivity contribution in [2.45, 2.75) is 20.3 Å². The minimum Gasteiger partial charge on any atom is -0.496 e. The van der Waals surface area contributed by atoms with Crippen LogP contribution in [-0.4, -0.2) is 25.2 Å². The van der Waals surface area contributed by atoms with Gasteiger partial charge in [-0.15, -0.1) is 0 Å². The van der Waals surface area contributed by atoms with Crippen molar-refractivity contribution < 1.29 is 14.3 Å². The fourth-order valence-electron chi connectivity index (χ4n) is 2.28. The van der Waals surface area contributed by atoms with E-state index in [1.54, 1.807) is 13.2 Å². The second kappa shape index (κ2) is 5.91. The first kappa shape index (κ1) is 15.0. The summed E-state index contributed by atoms with van der Waals surface area (Å²) in [6.45, 7) is 4.07. The Morgan fingerprint density at radius 1 is 1.33 bits per heavy atom. The van der Waals surface area contributed by atoms with Crippen molar-refractivity contribution in [3.63, 3.8) is 0 Å². The van der Waals surface area contributed by atoms with Crippen molar-refractivity contribution in [2.24, 2.45) is 0 Å². The number of aromatic nitrogens is 1. The molecular formula is C16H20N2O3. The SMILES string of the molecule is COC(=O)c1cc2c(OC)c(CC=C(C)C)c(N)cc2[nH]1. The summed E-state index contributed by atoms with van der Waals surface area (Å²) in [5, 5.41) is 0.823. The first-order valence-electron chi connectivity index (χ1n) is 6.67. The van der Waals surface area contributed by atoms with Gasteiger partial charge in [-0.3, -0.25) is 0 Å². The van der Waals surface area contributed by atoms with Gasteiger partial charge in [0, 0.05) is 16.6 Å². The van der Waals surface area contributed by atoms with E-state index >= 15 is 0 Å². The van der Waals surface area contributed by atoms with Gasteiger partial charge < -0.3 is 20.2 Å². The molecule has 3 N–H and O–H groups in total. The smallest absolute Gasteiger partial charge is 0.354 e. The standard InChI is InChI=1S/C16H20N2O3/c1-9(2)5-6-10-12(17)8-13-11(15(10)20-3)7-14(18-13)16(19)21-4/h5,7-8,18H,6,17H2,1-4H3. The zero-order valence-electron chi connectivity index (χ0n) is 12.7. The van der Waals surface area contributed by atoms with Gasteiger partial charge in [-0.25, -0.2) is 4.79 Å². The molecule has 0 saturated carbocycles. The Morgan fingerprint density at radius 2 is 2.05 bits per heavy atom. The molecule has 0 bridgehead atoms. The highest BCUT2D eigenvalue weighted by Crippen LogP contribution is 2.35. The number of fused-ring (bicyclic) bond motifs is 1. The zero-order chi connectivity index (χ0) is 15.6. The first-order chi connectivity index (χ1) is 9.97. The number of rotatable bonds is 4. The van der Waals surface area contributed by atoms with E-state index in [0.717, 1.165) is 16.5 Å². The maximum atomic E-state index is 11.6. The van der Waals surface area contributed by atoms with E-state index in [1.807, 2.05) is 19.9 Å². The van der Waals surface area contributed by atoms with Crippen molar-refractivity contribution in [2.75, 3.05) is 20.0 Å². The van der Waals surface area contributed by atoms with E-state index in [9.17, 15) is 4.79 Å². The second-order valence-electron chi connectivity index (χ2n) is 5.10. The molecule has 0 spiro atoms. The van der Waals surface area contributed by atoms with Gasteiger partial charge in [0.2, 0.25) is 0 Å². The summed E-state index contributed by atoms with van der Waals surface area (Å²) < 4.78 is 10.2. The van der Waals surface area contributed by atoms with Gasteiger partial charge in [0.05, 0.1) is 19.7 Å². The van der Waals surface area contributed by atoms with Crippen molar-refractivity contribution in [3.05, 3.63) is 35.0 Å². The largest absolute Gasteiger partial charge is 0.496 e. The average molecular weight is 288 g/mol. The monoisotopic (exact) mass is 288 g/mol. The topological polar surface area (TPSA) is 77.3 Å². The Hall–Kier alpha value is -2.43. The van der Waals surface area contributed by atoms with Crippen LogP contribution in [0.2, 0.25) is 0 Å². The fraction of sp³-hybridized carbons (Fsp3) is 0.312. The van der Waals surface area contributed by atoms with Gasteiger partial charge in [0.25, 0.3) is 0 Å².